The van der Waals surface area contributed by atoms with Gasteiger partial charge in [-0.1, -0.05) is 15.9 Å². The molecule has 0 saturated carbocycles. The summed E-state index contributed by atoms with van der Waals surface area (Å²) in [5.74, 6) is -1.19. The molecule has 0 unspecified atom stereocenters. The number of ether oxygens (including phenoxy) is 1. The second-order valence-corrected chi connectivity index (χ2v) is 4.22. The maximum atomic E-state index is 11.6. The minimum Gasteiger partial charge on any atom is -0.469 e. The van der Waals surface area contributed by atoms with Gasteiger partial charge in [-0.2, -0.15) is 0 Å². The average molecular weight is 298 g/mol. The number of oxazole rings is 1. The molecule has 0 aliphatic carbocycles. The van der Waals surface area contributed by atoms with E-state index in [-0.39, 0.29) is 12.3 Å². The Morgan fingerprint density at radius 3 is 2.94 bits per heavy atom. The molecule has 17 heavy (non-hydrogen) atoms. The molecule has 88 valence electrons. The second-order valence-electron chi connectivity index (χ2n) is 3.31. The lowest BCUT2D eigenvalue weighted by molar-refractivity contribution is -0.139. The van der Waals surface area contributed by atoms with Crippen LogP contribution in [0, 0.1) is 0 Å². The number of rotatable bonds is 3. The third kappa shape index (κ3) is 2.52. The van der Waals surface area contributed by atoms with Crippen LogP contribution in [0.2, 0.25) is 0 Å². The quantitative estimate of drug-likeness (QED) is 0.494. The van der Waals surface area contributed by atoms with Gasteiger partial charge in [0, 0.05) is 4.47 Å². The highest BCUT2D eigenvalue weighted by Gasteiger charge is 2.18. The first-order valence-electron chi connectivity index (χ1n) is 4.76. The molecule has 2 rings (SSSR count). The van der Waals surface area contributed by atoms with Gasteiger partial charge in [-0.25, -0.2) is 4.98 Å². The predicted molar refractivity (Wildman–Crippen MR) is 62.7 cm³/mol. The minimum atomic E-state index is -0.613. The van der Waals surface area contributed by atoms with Crippen LogP contribution in [-0.2, 0) is 9.53 Å². The van der Waals surface area contributed by atoms with Crippen LogP contribution in [0.15, 0.2) is 27.1 Å². The summed E-state index contributed by atoms with van der Waals surface area (Å²) in [4.78, 5) is 26.6. The highest BCUT2D eigenvalue weighted by Crippen LogP contribution is 2.20. The molecule has 1 aromatic heterocycles. The van der Waals surface area contributed by atoms with Crippen molar-refractivity contribution in [2.75, 3.05) is 7.11 Å². The van der Waals surface area contributed by atoms with Crippen molar-refractivity contribution < 1.29 is 18.7 Å². The zero-order valence-electron chi connectivity index (χ0n) is 8.90. The molecule has 0 radical (unpaired) electrons. The van der Waals surface area contributed by atoms with Crippen molar-refractivity contribution in [2.45, 2.75) is 6.42 Å². The maximum Gasteiger partial charge on any atom is 0.313 e. The maximum absolute atomic E-state index is 11.6. The standard InChI is InChI=1S/C11H8BrNO4/c1-16-10(15)5-8(14)11-13-7-4-6(12)2-3-9(7)17-11/h2-4H,5H2,1H3. The average Bonchev–Trinajstić information content (AvgIpc) is 2.71. The van der Waals surface area contributed by atoms with Gasteiger partial charge in [0.25, 0.3) is 5.89 Å². The molecule has 6 heteroatoms. The molecule has 0 spiro atoms. The summed E-state index contributed by atoms with van der Waals surface area (Å²) in [7, 11) is 1.22. The summed E-state index contributed by atoms with van der Waals surface area (Å²) < 4.78 is 10.5. The number of halogens is 1. The van der Waals surface area contributed by atoms with Crippen LogP contribution in [-0.4, -0.2) is 23.8 Å². The number of Topliss-reactive ketones (excluding diaryl/α,β-unsaturated/α-hetero) is 1. The number of nitrogens with zero attached hydrogens (tertiary/aromatic N) is 1. The number of fused-ring (bicyclic) bond motifs is 1. The molecule has 0 atom stereocenters. The van der Waals surface area contributed by atoms with Gasteiger partial charge in [-0.05, 0) is 18.2 Å². The highest BCUT2D eigenvalue weighted by atomic mass is 79.9. The van der Waals surface area contributed by atoms with Crippen molar-refractivity contribution in [1.29, 1.82) is 0 Å². The number of carbonyl (C=O) groups excluding carboxylic acids is 2. The second kappa shape index (κ2) is 4.67. The van der Waals surface area contributed by atoms with E-state index in [9.17, 15) is 9.59 Å². The van der Waals surface area contributed by atoms with E-state index in [1.54, 1.807) is 18.2 Å². The zero-order valence-corrected chi connectivity index (χ0v) is 10.5. The van der Waals surface area contributed by atoms with Crippen LogP contribution in [0.5, 0.6) is 0 Å². The summed E-state index contributed by atoms with van der Waals surface area (Å²) in [6.45, 7) is 0. The monoisotopic (exact) mass is 297 g/mol. The normalized spacial score (nSPS) is 10.5. The third-order valence-electron chi connectivity index (χ3n) is 2.12. The van der Waals surface area contributed by atoms with Crippen LogP contribution < -0.4 is 0 Å². The zero-order chi connectivity index (χ0) is 12.4. The first kappa shape index (κ1) is 11.8. The van der Waals surface area contributed by atoms with Gasteiger partial charge in [0.05, 0.1) is 7.11 Å². The van der Waals surface area contributed by atoms with E-state index >= 15 is 0 Å². The fraction of sp³-hybridized carbons (Fsp3) is 0.182. The molecule has 0 N–H and O–H groups in total. The van der Waals surface area contributed by atoms with Gasteiger partial charge in [0.2, 0.25) is 5.78 Å². The minimum absolute atomic E-state index is 0.0801. The smallest absolute Gasteiger partial charge is 0.313 e. The number of hydrogen-bond acceptors (Lipinski definition) is 5. The molecule has 0 amide bonds. The van der Waals surface area contributed by atoms with Crippen LogP contribution in [0.3, 0.4) is 0 Å². The van der Waals surface area contributed by atoms with Gasteiger partial charge in [-0.15, -0.1) is 0 Å². The van der Waals surface area contributed by atoms with Gasteiger partial charge in [-0.3, -0.25) is 9.59 Å². The van der Waals surface area contributed by atoms with E-state index in [4.69, 9.17) is 4.42 Å². The summed E-state index contributed by atoms with van der Waals surface area (Å²) in [5, 5.41) is 0. The molecular formula is C11H8BrNO4. The number of ketones is 1. The number of esters is 1. The van der Waals surface area contributed by atoms with E-state index in [1.807, 2.05) is 0 Å². The van der Waals surface area contributed by atoms with E-state index in [0.717, 1.165) is 4.47 Å². The van der Waals surface area contributed by atoms with Crippen molar-refractivity contribution in [2.24, 2.45) is 0 Å². The van der Waals surface area contributed by atoms with Crippen molar-refractivity contribution in [1.82, 2.24) is 4.98 Å². The van der Waals surface area contributed by atoms with Crippen LogP contribution in [0.25, 0.3) is 11.1 Å². The molecule has 5 nitrogen and oxygen atoms in total. The first-order chi connectivity index (χ1) is 8.10. The van der Waals surface area contributed by atoms with Crippen molar-refractivity contribution in [3.8, 4) is 0 Å². The molecule has 0 fully saturated rings. The lowest BCUT2D eigenvalue weighted by atomic mass is 10.3. The molecule has 1 heterocycles. The van der Waals surface area contributed by atoms with Crippen LogP contribution in [0.4, 0.5) is 0 Å². The summed E-state index contributed by atoms with van der Waals surface area (Å²) in [5.41, 5.74) is 1.06. The predicted octanol–water partition coefficient (Wildman–Crippen LogP) is 2.34. The number of carbonyl (C=O) groups is 2. The molecule has 1 aromatic carbocycles. The topological polar surface area (TPSA) is 69.4 Å². The highest BCUT2D eigenvalue weighted by molar-refractivity contribution is 9.10. The molecule has 0 saturated heterocycles. The van der Waals surface area contributed by atoms with Gasteiger partial charge < -0.3 is 9.15 Å². The number of benzene rings is 1. The van der Waals surface area contributed by atoms with Crippen LogP contribution in [0.1, 0.15) is 17.1 Å². The Balaban J connectivity index is 2.30. The molecule has 0 bridgehead atoms. The fourth-order valence-corrected chi connectivity index (χ4v) is 1.65. The Morgan fingerprint density at radius 2 is 2.24 bits per heavy atom. The summed E-state index contributed by atoms with van der Waals surface area (Å²) >= 11 is 3.29. The SMILES string of the molecule is COC(=O)CC(=O)c1nc2cc(Br)ccc2o1. The summed E-state index contributed by atoms with van der Waals surface area (Å²) in [6, 6.07) is 5.21. The van der Waals surface area contributed by atoms with E-state index < -0.39 is 11.8 Å². The fourth-order valence-electron chi connectivity index (χ4n) is 1.30. The molecule has 2 aromatic rings. The van der Waals surface area contributed by atoms with E-state index in [0.29, 0.717) is 11.1 Å². The largest absolute Gasteiger partial charge is 0.469 e. The van der Waals surface area contributed by atoms with Crippen molar-refractivity contribution in [3.05, 3.63) is 28.6 Å². The lowest BCUT2D eigenvalue weighted by Crippen LogP contribution is -2.09. The first-order valence-corrected chi connectivity index (χ1v) is 5.55. The van der Waals surface area contributed by atoms with Crippen molar-refractivity contribution in [3.63, 3.8) is 0 Å². The number of hydrogen-bond donors (Lipinski definition) is 0. The number of methoxy groups -OCH3 is 1. The Morgan fingerprint density at radius 1 is 1.47 bits per heavy atom. The van der Waals surface area contributed by atoms with Gasteiger partial charge >= 0.3 is 5.97 Å². The Bertz CT molecular complexity index is 590. The Hall–Kier alpha value is -1.69. The van der Waals surface area contributed by atoms with Crippen LogP contribution >= 0.6 is 15.9 Å². The van der Waals surface area contributed by atoms with Gasteiger partial charge in [0.1, 0.15) is 11.9 Å². The molecular weight excluding hydrogens is 290 g/mol. The number of aromatic nitrogens is 1. The van der Waals surface area contributed by atoms with E-state index in [1.165, 1.54) is 7.11 Å². The molecule has 0 aliphatic heterocycles. The Labute approximate surface area is 105 Å². The lowest BCUT2D eigenvalue weighted by Gasteiger charge is -1.94. The Kier molecular flexibility index (Phi) is 3.23. The summed E-state index contributed by atoms with van der Waals surface area (Å²) in [6.07, 6.45) is -0.371. The van der Waals surface area contributed by atoms with Gasteiger partial charge in [0.15, 0.2) is 5.58 Å². The third-order valence-corrected chi connectivity index (χ3v) is 2.61. The molecule has 0 aliphatic rings. The van der Waals surface area contributed by atoms with Crippen molar-refractivity contribution >= 4 is 38.8 Å². The van der Waals surface area contributed by atoms with E-state index in [2.05, 4.69) is 25.7 Å².